The van der Waals surface area contributed by atoms with Gasteiger partial charge in [-0.15, -0.1) is 0 Å². The normalized spacial score (nSPS) is 11.7. The van der Waals surface area contributed by atoms with Gasteiger partial charge >= 0.3 is 0 Å². The van der Waals surface area contributed by atoms with E-state index in [2.05, 4.69) is 26.8 Å². The third-order valence-electron chi connectivity index (χ3n) is 5.46. The monoisotopic (exact) mass is 475 g/mol. The van der Waals surface area contributed by atoms with Gasteiger partial charge in [-0.05, 0) is 67.6 Å². The third kappa shape index (κ3) is 6.48. The molecule has 1 atom stereocenters. The van der Waals surface area contributed by atoms with Crippen LogP contribution in [0.4, 0.5) is 4.39 Å². The number of benzene rings is 3. The number of aromatic nitrogens is 2. The number of amides is 1. The Labute approximate surface area is 202 Å². The van der Waals surface area contributed by atoms with Crippen LogP contribution in [0, 0.1) is 12.7 Å². The molecule has 0 saturated carbocycles. The molecule has 0 spiro atoms. The second kappa shape index (κ2) is 11.0. The summed E-state index contributed by atoms with van der Waals surface area (Å²) in [5, 5.41) is 3.46. The van der Waals surface area contributed by atoms with Gasteiger partial charge in [0, 0.05) is 29.6 Å². The minimum Gasteiger partial charge on any atom is -0.430 e. The van der Waals surface area contributed by atoms with Crippen LogP contribution in [-0.4, -0.2) is 21.3 Å². The summed E-state index contributed by atoms with van der Waals surface area (Å²) in [5.74, 6) is 0.753. The van der Waals surface area contributed by atoms with Crippen molar-refractivity contribution < 1.29 is 13.9 Å². The number of nitrogens with zero attached hydrogens (tertiary/aromatic N) is 2. The lowest BCUT2D eigenvalue weighted by molar-refractivity contribution is 0.0938. The highest BCUT2D eigenvalue weighted by Gasteiger charge is 2.14. The molecule has 1 unspecified atom stereocenters. The first kappa shape index (κ1) is 23.6. The molecule has 0 aliphatic heterocycles. The van der Waals surface area contributed by atoms with Crippen LogP contribution in [-0.2, 0) is 12.8 Å². The van der Waals surface area contributed by atoms with E-state index < -0.39 is 0 Å². The van der Waals surface area contributed by atoms with Crippen molar-refractivity contribution >= 4 is 17.4 Å². The molecule has 3 aromatic carbocycles. The minimum absolute atomic E-state index is 0.0376. The molecule has 1 heterocycles. The lowest BCUT2D eigenvalue weighted by Gasteiger charge is -2.15. The first-order chi connectivity index (χ1) is 16.5. The predicted molar refractivity (Wildman–Crippen MR) is 132 cm³/mol. The Morgan fingerprint density at radius 3 is 2.59 bits per heavy atom. The number of rotatable bonds is 9. The average molecular weight is 476 g/mol. The van der Waals surface area contributed by atoms with Gasteiger partial charge in [-0.3, -0.25) is 4.79 Å². The van der Waals surface area contributed by atoms with Crippen molar-refractivity contribution in [3.05, 3.63) is 107 Å². The Bertz CT molecular complexity index is 1240. The topological polar surface area (TPSA) is 64.1 Å². The summed E-state index contributed by atoms with van der Waals surface area (Å²) in [6, 6.07) is 21.9. The molecule has 1 N–H and O–H groups in total. The standard InChI is InChI=1S/C27H26FN3O2S/c1-18-8-13-22(26(32)29-19(2)9-10-20-6-4-3-5-7-20)17-24(18)33-27-30-25(31-34-27)16-21-11-14-23(28)15-12-21/h3-8,11-15,17,19H,9-10,16H2,1-2H3,(H,29,32). The molecule has 7 heteroatoms. The van der Waals surface area contributed by atoms with Crippen molar-refractivity contribution in [3.8, 4) is 10.9 Å². The number of aryl methyl sites for hydroxylation is 2. The van der Waals surface area contributed by atoms with Crippen molar-refractivity contribution in [2.75, 3.05) is 0 Å². The molecule has 1 amide bonds. The fourth-order valence-corrected chi connectivity index (χ4v) is 4.05. The molecular formula is C27H26FN3O2S. The predicted octanol–water partition coefficient (Wildman–Crippen LogP) is 6.12. The van der Waals surface area contributed by atoms with E-state index in [0.717, 1.165) is 35.5 Å². The van der Waals surface area contributed by atoms with Crippen molar-refractivity contribution in [2.24, 2.45) is 0 Å². The molecule has 0 radical (unpaired) electrons. The van der Waals surface area contributed by atoms with Crippen molar-refractivity contribution in [3.63, 3.8) is 0 Å². The molecule has 1 aromatic heterocycles. The molecule has 34 heavy (non-hydrogen) atoms. The Morgan fingerprint density at radius 1 is 1.06 bits per heavy atom. The van der Waals surface area contributed by atoms with Crippen LogP contribution >= 0.6 is 11.5 Å². The quantitative estimate of drug-likeness (QED) is 0.317. The number of carbonyl (C=O) groups excluding carboxylic acids is 1. The smallest absolute Gasteiger partial charge is 0.298 e. The van der Waals surface area contributed by atoms with Gasteiger partial charge in [0.15, 0.2) is 5.82 Å². The Kier molecular flexibility index (Phi) is 7.65. The van der Waals surface area contributed by atoms with Gasteiger partial charge in [-0.2, -0.15) is 9.36 Å². The first-order valence-corrected chi connectivity index (χ1v) is 11.9. The molecule has 4 aromatic rings. The summed E-state index contributed by atoms with van der Waals surface area (Å²) in [6.45, 7) is 3.93. The van der Waals surface area contributed by atoms with E-state index >= 15 is 0 Å². The minimum atomic E-state index is -0.274. The van der Waals surface area contributed by atoms with E-state index in [1.165, 1.54) is 17.7 Å². The second-order valence-corrected chi connectivity index (χ2v) is 8.98. The molecule has 0 saturated heterocycles. The van der Waals surface area contributed by atoms with Crippen LogP contribution in [0.3, 0.4) is 0 Å². The molecular weight excluding hydrogens is 449 g/mol. The Balaban J connectivity index is 1.36. The first-order valence-electron chi connectivity index (χ1n) is 11.2. The number of carbonyl (C=O) groups is 1. The maximum Gasteiger partial charge on any atom is 0.298 e. The number of hydrogen-bond acceptors (Lipinski definition) is 5. The van der Waals surface area contributed by atoms with E-state index in [0.29, 0.717) is 28.8 Å². The van der Waals surface area contributed by atoms with Gasteiger partial charge in [0.25, 0.3) is 11.1 Å². The van der Waals surface area contributed by atoms with E-state index in [-0.39, 0.29) is 17.8 Å². The van der Waals surface area contributed by atoms with E-state index in [9.17, 15) is 9.18 Å². The zero-order valence-electron chi connectivity index (χ0n) is 19.1. The molecule has 0 aliphatic carbocycles. The number of halogens is 1. The van der Waals surface area contributed by atoms with Crippen LogP contribution in [0.5, 0.6) is 10.9 Å². The summed E-state index contributed by atoms with van der Waals surface area (Å²) in [4.78, 5) is 17.2. The zero-order chi connectivity index (χ0) is 23.9. The van der Waals surface area contributed by atoms with Crippen LogP contribution in [0.1, 0.15) is 46.2 Å². The fraction of sp³-hybridized carbons (Fsp3) is 0.222. The van der Waals surface area contributed by atoms with Gasteiger partial charge in [0.1, 0.15) is 11.6 Å². The van der Waals surface area contributed by atoms with Gasteiger partial charge in [0.05, 0.1) is 0 Å². The van der Waals surface area contributed by atoms with Gasteiger partial charge < -0.3 is 10.1 Å². The van der Waals surface area contributed by atoms with Crippen LogP contribution in [0.25, 0.3) is 0 Å². The van der Waals surface area contributed by atoms with Gasteiger partial charge in [0.2, 0.25) is 0 Å². The SMILES string of the molecule is Cc1ccc(C(=O)NC(C)CCc2ccccc2)cc1Oc1nc(Cc2ccc(F)cc2)ns1. The number of nitrogens with one attached hydrogen (secondary N) is 1. The summed E-state index contributed by atoms with van der Waals surface area (Å²) in [6.07, 6.45) is 2.25. The number of hydrogen-bond donors (Lipinski definition) is 1. The fourth-order valence-electron chi connectivity index (χ4n) is 3.49. The lowest BCUT2D eigenvalue weighted by Crippen LogP contribution is -2.32. The second-order valence-electron chi connectivity index (χ2n) is 8.26. The van der Waals surface area contributed by atoms with E-state index in [1.54, 1.807) is 24.3 Å². The van der Waals surface area contributed by atoms with Crippen LogP contribution < -0.4 is 10.1 Å². The van der Waals surface area contributed by atoms with Crippen LogP contribution in [0.2, 0.25) is 0 Å². The summed E-state index contributed by atoms with van der Waals surface area (Å²) in [7, 11) is 0. The van der Waals surface area contributed by atoms with Crippen molar-refractivity contribution in [2.45, 2.75) is 39.2 Å². The van der Waals surface area contributed by atoms with Gasteiger partial charge in [-0.1, -0.05) is 48.5 Å². The Hall–Kier alpha value is -3.58. The highest BCUT2D eigenvalue weighted by Crippen LogP contribution is 2.28. The molecule has 5 nitrogen and oxygen atoms in total. The lowest BCUT2D eigenvalue weighted by atomic mass is 10.1. The Morgan fingerprint density at radius 2 is 1.82 bits per heavy atom. The van der Waals surface area contributed by atoms with Crippen molar-refractivity contribution in [1.29, 1.82) is 0 Å². The summed E-state index contributed by atoms with van der Waals surface area (Å²) >= 11 is 1.15. The molecule has 0 bridgehead atoms. The largest absolute Gasteiger partial charge is 0.430 e. The molecule has 0 aliphatic rings. The third-order valence-corrected chi connectivity index (χ3v) is 6.09. The maximum atomic E-state index is 13.1. The maximum absolute atomic E-state index is 13.1. The summed E-state index contributed by atoms with van der Waals surface area (Å²) < 4.78 is 23.4. The molecule has 4 rings (SSSR count). The van der Waals surface area contributed by atoms with E-state index in [4.69, 9.17) is 4.74 Å². The zero-order valence-corrected chi connectivity index (χ0v) is 19.9. The van der Waals surface area contributed by atoms with Crippen LogP contribution in [0.15, 0.2) is 72.8 Å². The van der Waals surface area contributed by atoms with Crippen molar-refractivity contribution in [1.82, 2.24) is 14.7 Å². The number of ether oxygens (including phenoxy) is 1. The summed E-state index contributed by atoms with van der Waals surface area (Å²) in [5.41, 5.74) is 3.60. The highest BCUT2D eigenvalue weighted by atomic mass is 32.1. The van der Waals surface area contributed by atoms with E-state index in [1.807, 2.05) is 38.1 Å². The molecule has 174 valence electrons. The highest BCUT2D eigenvalue weighted by molar-refractivity contribution is 7.07. The van der Waals surface area contributed by atoms with Gasteiger partial charge in [-0.25, -0.2) is 4.39 Å². The molecule has 0 fully saturated rings. The average Bonchev–Trinajstić information content (AvgIpc) is 3.28.